The molecule has 0 saturated heterocycles. The maximum Gasteiger partial charge on any atom is 0.435 e. The fourth-order valence-corrected chi connectivity index (χ4v) is 1.57. The van der Waals surface area contributed by atoms with Gasteiger partial charge in [-0.25, -0.2) is 4.98 Å². The van der Waals surface area contributed by atoms with Crippen LogP contribution in [0.5, 0.6) is 0 Å². The molecule has 0 aliphatic carbocycles. The van der Waals surface area contributed by atoms with E-state index in [2.05, 4.69) is 4.98 Å². The largest absolute Gasteiger partial charge is 0.435 e. The molecule has 1 aromatic heterocycles. The molecule has 0 spiro atoms. The molecule has 0 fully saturated rings. The first-order chi connectivity index (χ1) is 8.32. The van der Waals surface area contributed by atoms with Gasteiger partial charge in [-0.3, -0.25) is 4.79 Å². The van der Waals surface area contributed by atoms with Gasteiger partial charge in [-0.2, -0.15) is 13.2 Å². The van der Waals surface area contributed by atoms with E-state index in [1.165, 1.54) is 11.0 Å². The normalized spacial score (nSPS) is 11.4. The molecule has 4 nitrogen and oxygen atoms in total. The van der Waals surface area contributed by atoms with Gasteiger partial charge in [0.25, 0.3) is 5.91 Å². The van der Waals surface area contributed by atoms with Crippen molar-refractivity contribution in [2.24, 2.45) is 0 Å². The van der Waals surface area contributed by atoms with Crippen LogP contribution < -0.4 is 5.73 Å². The summed E-state index contributed by atoms with van der Waals surface area (Å²) in [5, 5.41) is 0. The van der Waals surface area contributed by atoms with Gasteiger partial charge in [0.1, 0.15) is 0 Å². The minimum atomic E-state index is -4.66. The van der Waals surface area contributed by atoms with Crippen molar-refractivity contribution in [3.05, 3.63) is 23.5 Å². The Kier molecular flexibility index (Phi) is 4.15. The summed E-state index contributed by atoms with van der Waals surface area (Å²) in [6, 6.07) is 1.20. The van der Waals surface area contributed by atoms with Crippen LogP contribution in [0, 0.1) is 0 Å². The van der Waals surface area contributed by atoms with Crippen molar-refractivity contribution in [2.75, 3.05) is 18.8 Å². The van der Waals surface area contributed by atoms with Gasteiger partial charge in [0.05, 0.1) is 11.3 Å². The number of hydrogen-bond donors (Lipinski definition) is 1. The number of nitrogens with two attached hydrogens (primary N) is 1. The van der Waals surface area contributed by atoms with E-state index in [1.54, 1.807) is 13.8 Å². The molecule has 0 unspecified atom stereocenters. The number of hydrogen-bond acceptors (Lipinski definition) is 3. The molecule has 0 aliphatic heterocycles. The van der Waals surface area contributed by atoms with Crippen LogP contribution >= 0.6 is 0 Å². The van der Waals surface area contributed by atoms with Gasteiger partial charge in [-0.1, -0.05) is 0 Å². The van der Waals surface area contributed by atoms with Crippen molar-refractivity contribution in [1.29, 1.82) is 0 Å². The highest BCUT2D eigenvalue weighted by Gasteiger charge is 2.36. The Morgan fingerprint density at radius 3 is 2.39 bits per heavy atom. The molecule has 0 saturated carbocycles. The van der Waals surface area contributed by atoms with Gasteiger partial charge in [-0.05, 0) is 19.9 Å². The molecule has 1 aromatic rings. The maximum absolute atomic E-state index is 12.6. The second-order valence-corrected chi connectivity index (χ2v) is 3.60. The molecule has 1 heterocycles. The maximum atomic E-state index is 12.6. The van der Waals surface area contributed by atoms with E-state index in [0.717, 1.165) is 6.20 Å². The van der Waals surface area contributed by atoms with Crippen molar-refractivity contribution >= 4 is 11.6 Å². The minimum Gasteiger partial charge on any atom is -0.396 e. The smallest absolute Gasteiger partial charge is 0.396 e. The second kappa shape index (κ2) is 5.24. The van der Waals surface area contributed by atoms with E-state index >= 15 is 0 Å². The summed E-state index contributed by atoms with van der Waals surface area (Å²) < 4.78 is 37.8. The summed E-state index contributed by atoms with van der Waals surface area (Å²) in [6.07, 6.45) is -3.72. The third-order valence-electron chi connectivity index (χ3n) is 2.54. The third kappa shape index (κ3) is 2.72. The fourth-order valence-electron chi connectivity index (χ4n) is 1.57. The SMILES string of the molecule is CCN(CC)C(=O)c1ccnc(C(F)(F)F)c1N. The monoisotopic (exact) mass is 261 g/mol. The average molecular weight is 261 g/mol. The highest BCUT2D eigenvalue weighted by Crippen LogP contribution is 2.33. The molecule has 100 valence electrons. The Labute approximate surface area is 103 Å². The number of anilines is 1. The first-order valence-electron chi connectivity index (χ1n) is 5.43. The van der Waals surface area contributed by atoms with Crippen LogP contribution in [0.4, 0.5) is 18.9 Å². The number of amides is 1. The van der Waals surface area contributed by atoms with Crippen LogP contribution in [0.15, 0.2) is 12.3 Å². The number of pyridine rings is 1. The zero-order valence-electron chi connectivity index (χ0n) is 10.1. The number of nitrogen functional groups attached to an aromatic ring is 1. The quantitative estimate of drug-likeness (QED) is 0.907. The summed E-state index contributed by atoms with van der Waals surface area (Å²) in [6.45, 7) is 4.28. The van der Waals surface area contributed by atoms with E-state index < -0.39 is 23.5 Å². The Bertz CT molecular complexity index is 442. The predicted octanol–water partition coefficient (Wildman–Crippen LogP) is 2.16. The van der Waals surface area contributed by atoms with E-state index in [1.807, 2.05) is 0 Å². The van der Waals surface area contributed by atoms with Gasteiger partial charge in [-0.15, -0.1) is 0 Å². The number of halogens is 3. The minimum absolute atomic E-state index is 0.166. The number of rotatable bonds is 3. The van der Waals surface area contributed by atoms with Crippen molar-refractivity contribution in [2.45, 2.75) is 20.0 Å². The standard InChI is InChI=1S/C11H14F3N3O/c1-3-17(4-2)10(18)7-5-6-16-9(8(7)15)11(12,13)14/h5-6H,3-4,15H2,1-2H3. The molecular formula is C11H14F3N3O. The number of carbonyl (C=O) groups is 1. The summed E-state index contributed by atoms with van der Waals surface area (Å²) in [5.41, 5.74) is 3.38. The van der Waals surface area contributed by atoms with Crippen LogP contribution in [0.25, 0.3) is 0 Å². The average Bonchev–Trinajstić information content (AvgIpc) is 2.29. The van der Waals surface area contributed by atoms with E-state index in [9.17, 15) is 18.0 Å². The number of nitrogens with zero attached hydrogens (tertiary/aromatic N) is 2. The van der Waals surface area contributed by atoms with Crippen molar-refractivity contribution < 1.29 is 18.0 Å². The first kappa shape index (κ1) is 14.3. The molecule has 18 heavy (non-hydrogen) atoms. The molecule has 2 N–H and O–H groups in total. The Morgan fingerprint density at radius 2 is 1.94 bits per heavy atom. The van der Waals surface area contributed by atoms with Gasteiger partial charge in [0, 0.05) is 19.3 Å². The predicted molar refractivity (Wildman–Crippen MR) is 60.9 cm³/mol. The second-order valence-electron chi connectivity index (χ2n) is 3.60. The van der Waals surface area contributed by atoms with Crippen molar-refractivity contribution in [3.8, 4) is 0 Å². The topological polar surface area (TPSA) is 59.2 Å². The molecule has 0 radical (unpaired) electrons. The lowest BCUT2D eigenvalue weighted by Crippen LogP contribution is -2.31. The fraction of sp³-hybridized carbons (Fsp3) is 0.455. The van der Waals surface area contributed by atoms with E-state index in [0.29, 0.717) is 13.1 Å². The molecule has 1 rings (SSSR count). The van der Waals surface area contributed by atoms with Gasteiger partial charge < -0.3 is 10.6 Å². The van der Waals surface area contributed by atoms with Crippen LogP contribution in [-0.4, -0.2) is 28.9 Å². The number of carbonyl (C=O) groups excluding carboxylic acids is 1. The highest BCUT2D eigenvalue weighted by atomic mass is 19.4. The molecule has 0 bridgehead atoms. The van der Waals surface area contributed by atoms with Crippen molar-refractivity contribution in [3.63, 3.8) is 0 Å². The lowest BCUT2D eigenvalue weighted by Gasteiger charge is -2.20. The molecule has 7 heteroatoms. The summed E-state index contributed by atoms with van der Waals surface area (Å²) >= 11 is 0. The Morgan fingerprint density at radius 1 is 1.39 bits per heavy atom. The lowest BCUT2D eigenvalue weighted by atomic mass is 10.1. The third-order valence-corrected chi connectivity index (χ3v) is 2.54. The van der Waals surface area contributed by atoms with Crippen LogP contribution in [0.2, 0.25) is 0 Å². The Hall–Kier alpha value is -1.79. The van der Waals surface area contributed by atoms with Crippen molar-refractivity contribution in [1.82, 2.24) is 9.88 Å². The molecule has 1 amide bonds. The zero-order valence-corrected chi connectivity index (χ0v) is 10.1. The zero-order chi connectivity index (χ0) is 13.9. The molecule has 0 aliphatic rings. The van der Waals surface area contributed by atoms with Crippen LogP contribution in [0.1, 0.15) is 29.9 Å². The van der Waals surface area contributed by atoms with E-state index in [4.69, 9.17) is 5.73 Å². The number of aromatic nitrogens is 1. The Balaban J connectivity index is 3.23. The van der Waals surface area contributed by atoms with E-state index in [-0.39, 0.29) is 5.56 Å². The summed E-state index contributed by atoms with van der Waals surface area (Å²) in [4.78, 5) is 16.5. The number of alkyl halides is 3. The summed E-state index contributed by atoms with van der Waals surface area (Å²) in [5.74, 6) is -0.523. The van der Waals surface area contributed by atoms with Crippen LogP contribution in [0.3, 0.4) is 0 Å². The first-order valence-corrected chi connectivity index (χ1v) is 5.43. The molecule has 0 atom stereocenters. The van der Waals surface area contributed by atoms with Crippen LogP contribution in [-0.2, 0) is 6.18 Å². The van der Waals surface area contributed by atoms with Gasteiger partial charge in [0.2, 0.25) is 0 Å². The highest BCUT2D eigenvalue weighted by molar-refractivity contribution is 5.99. The molecule has 0 aromatic carbocycles. The van der Waals surface area contributed by atoms with Gasteiger partial charge >= 0.3 is 6.18 Å². The lowest BCUT2D eigenvalue weighted by molar-refractivity contribution is -0.140. The van der Waals surface area contributed by atoms with Gasteiger partial charge in [0.15, 0.2) is 5.69 Å². The molecular weight excluding hydrogens is 247 g/mol. The summed E-state index contributed by atoms with van der Waals surface area (Å²) in [7, 11) is 0.